The Labute approximate surface area is 214 Å². The summed E-state index contributed by atoms with van der Waals surface area (Å²) < 4.78 is 29.2. The van der Waals surface area contributed by atoms with E-state index in [4.69, 9.17) is 14.0 Å². The third-order valence-electron chi connectivity index (χ3n) is 6.61. The van der Waals surface area contributed by atoms with Crippen LogP contribution in [0.4, 0.5) is 0 Å². The molecule has 2 unspecified atom stereocenters. The van der Waals surface area contributed by atoms with E-state index in [0.717, 1.165) is 23.8 Å². The van der Waals surface area contributed by atoms with Crippen molar-refractivity contribution in [2.24, 2.45) is 0 Å². The maximum Gasteiger partial charge on any atom is 0.695 e. The minimum Gasteiger partial charge on any atom is -0.394 e. The maximum atomic E-state index is 12.3. The van der Waals surface area contributed by atoms with Crippen LogP contribution >= 0.6 is 8.25 Å². The van der Waals surface area contributed by atoms with Gasteiger partial charge < -0.3 is 14.6 Å². The molecule has 1 aliphatic rings. The van der Waals surface area contributed by atoms with E-state index in [-0.39, 0.29) is 0 Å². The minimum absolute atomic E-state index is 0.348. The highest BCUT2D eigenvalue weighted by atomic mass is 31.1. The second kappa shape index (κ2) is 17.9. The number of nitrogens with one attached hydrogen (secondary N) is 1. The lowest BCUT2D eigenvalue weighted by molar-refractivity contribution is -0.0744. The van der Waals surface area contributed by atoms with Crippen LogP contribution < -0.4 is 11.2 Å². The van der Waals surface area contributed by atoms with Crippen LogP contribution in [0.1, 0.15) is 103 Å². The molecule has 36 heavy (non-hydrogen) atoms. The number of rotatable bonds is 20. The highest BCUT2D eigenvalue weighted by Gasteiger charge is 2.51. The molecule has 2 rings (SSSR count). The summed E-state index contributed by atoms with van der Waals surface area (Å²) in [5.41, 5.74) is -1.26. The van der Waals surface area contributed by atoms with Crippen LogP contribution in [-0.2, 0) is 18.6 Å². The van der Waals surface area contributed by atoms with Crippen LogP contribution in [0.5, 0.6) is 0 Å². The van der Waals surface area contributed by atoms with Gasteiger partial charge in [-0.1, -0.05) is 90.4 Å². The van der Waals surface area contributed by atoms with Gasteiger partial charge in [0.1, 0.15) is 12.2 Å². The van der Waals surface area contributed by atoms with Gasteiger partial charge in [-0.2, -0.15) is 0 Å². The zero-order valence-electron chi connectivity index (χ0n) is 21.5. The standard InChI is InChI=1S/C25H43N2O8P/c1-2-3-4-5-6-7-8-9-10-11-12-13-14-15-18-33-23-22(35-36(31)32)20(19-28)34-24(23)27-17-16-21(29)26-25(27)30/h16-17,20,22-24,28H,2-15,18-19H2,1H3,(H-,26,29,30,31,32)/p+1/t20-,22?,23+,24-/m1/s1. The summed E-state index contributed by atoms with van der Waals surface area (Å²) >= 11 is 0. The number of aromatic amines is 1. The lowest BCUT2D eigenvalue weighted by atomic mass is 10.0. The number of aromatic nitrogens is 2. The van der Waals surface area contributed by atoms with Gasteiger partial charge in [0.05, 0.1) is 6.61 Å². The fourth-order valence-electron chi connectivity index (χ4n) is 4.63. The third-order valence-corrected chi connectivity index (χ3v) is 7.03. The van der Waals surface area contributed by atoms with Crippen molar-refractivity contribution in [2.45, 2.75) is 121 Å². The zero-order chi connectivity index (χ0) is 26.2. The van der Waals surface area contributed by atoms with Crippen LogP contribution in [0.2, 0.25) is 0 Å². The number of H-pyrrole nitrogens is 1. The molecule has 0 aliphatic carbocycles. The summed E-state index contributed by atoms with van der Waals surface area (Å²) in [5, 5.41) is 9.67. The first-order valence-electron chi connectivity index (χ1n) is 13.5. The summed E-state index contributed by atoms with van der Waals surface area (Å²) in [6.07, 6.45) is 14.7. The summed E-state index contributed by atoms with van der Waals surface area (Å²) in [5.74, 6) is 0. The van der Waals surface area contributed by atoms with Crippen molar-refractivity contribution >= 4 is 8.25 Å². The first kappa shape index (κ1) is 30.8. The number of nitrogens with zero attached hydrogens (tertiary/aromatic N) is 1. The average molecular weight is 532 g/mol. The van der Waals surface area contributed by atoms with Crippen molar-refractivity contribution in [1.29, 1.82) is 0 Å². The predicted molar refractivity (Wildman–Crippen MR) is 137 cm³/mol. The van der Waals surface area contributed by atoms with Crippen molar-refractivity contribution in [3.05, 3.63) is 33.1 Å². The first-order chi connectivity index (χ1) is 17.5. The van der Waals surface area contributed by atoms with Crippen LogP contribution in [0, 0.1) is 0 Å². The quantitative estimate of drug-likeness (QED) is 0.167. The Balaban J connectivity index is 1.71. The molecule has 0 saturated carbocycles. The highest BCUT2D eigenvalue weighted by Crippen LogP contribution is 2.37. The Kier molecular flexibility index (Phi) is 15.3. The van der Waals surface area contributed by atoms with Crippen LogP contribution in [0.3, 0.4) is 0 Å². The lowest BCUT2D eigenvalue weighted by Crippen LogP contribution is -2.40. The summed E-state index contributed by atoms with van der Waals surface area (Å²) in [6.45, 7) is 2.11. The van der Waals surface area contributed by atoms with Gasteiger partial charge in [0.25, 0.3) is 5.56 Å². The van der Waals surface area contributed by atoms with Gasteiger partial charge in [0, 0.05) is 23.4 Å². The lowest BCUT2D eigenvalue weighted by Gasteiger charge is -2.22. The van der Waals surface area contributed by atoms with E-state index in [1.54, 1.807) is 0 Å². The molecule has 5 atom stereocenters. The molecule has 2 heterocycles. The van der Waals surface area contributed by atoms with Crippen molar-refractivity contribution in [2.75, 3.05) is 13.2 Å². The van der Waals surface area contributed by atoms with Crippen LogP contribution in [0.25, 0.3) is 0 Å². The first-order valence-corrected chi connectivity index (χ1v) is 14.6. The van der Waals surface area contributed by atoms with E-state index < -0.39 is 50.7 Å². The molecular formula is C25H44N2O8P+. The summed E-state index contributed by atoms with van der Waals surface area (Å²) in [4.78, 5) is 35.1. The Morgan fingerprint density at radius 3 is 2.00 bits per heavy atom. The molecule has 10 nitrogen and oxygen atoms in total. The summed E-state index contributed by atoms with van der Waals surface area (Å²) in [7, 11) is -2.98. The molecule has 1 aliphatic heterocycles. The van der Waals surface area contributed by atoms with Gasteiger partial charge in [-0.25, -0.2) is 4.79 Å². The van der Waals surface area contributed by atoms with Crippen molar-refractivity contribution < 1.29 is 28.6 Å². The Morgan fingerprint density at radius 2 is 1.50 bits per heavy atom. The molecular weight excluding hydrogens is 487 g/mol. The van der Waals surface area contributed by atoms with Gasteiger partial charge in [-0.05, 0) is 6.42 Å². The van der Waals surface area contributed by atoms with Crippen molar-refractivity contribution in [3.63, 3.8) is 0 Å². The average Bonchev–Trinajstić information content (AvgIpc) is 3.17. The number of unbranched alkanes of at least 4 members (excludes halogenated alkanes) is 13. The number of aliphatic hydroxyl groups is 1. The van der Waals surface area contributed by atoms with Gasteiger partial charge in [0.2, 0.25) is 0 Å². The molecule has 0 amide bonds. The third kappa shape index (κ3) is 10.9. The van der Waals surface area contributed by atoms with Gasteiger partial charge in [-0.3, -0.25) is 14.3 Å². The minimum atomic E-state index is -2.98. The maximum absolute atomic E-state index is 12.3. The molecule has 1 aromatic heterocycles. The Hall–Kier alpha value is -1.42. The topological polar surface area (TPSA) is 140 Å². The largest absolute Gasteiger partial charge is 0.695 e. The van der Waals surface area contributed by atoms with E-state index in [9.17, 15) is 24.2 Å². The van der Waals surface area contributed by atoms with E-state index in [1.165, 1.54) is 82.9 Å². The van der Waals surface area contributed by atoms with Crippen molar-refractivity contribution in [1.82, 2.24) is 9.55 Å². The van der Waals surface area contributed by atoms with Crippen LogP contribution in [-0.4, -0.2) is 51.1 Å². The zero-order valence-corrected chi connectivity index (χ0v) is 22.4. The van der Waals surface area contributed by atoms with Gasteiger partial charge in [-0.15, -0.1) is 9.42 Å². The highest BCUT2D eigenvalue weighted by molar-refractivity contribution is 7.32. The molecule has 1 fully saturated rings. The van der Waals surface area contributed by atoms with E-state index in [2.05, 4.69) is 11.9 Å². The van der Waals surface area contributed by atoms with Crippen LogP contribution in [0.15, 0.2) is 21.9 Å². The molecule has 1 saturated heterocycles. The molecule has 0 spiro atoms. The number of ether oxygens (including phenoxy) is 2. The second-order valence-corrected chi connectivity index (χ2v) is 10.2. The SMILES string of the molecule is CCCCCCCCCCCCCCCCO[C@H]1C(O[P+](=O)O)[C@@H](CO)O[C@H]1n1ccc(=O)[nH]c1=O. The van der Waals surface area contributed by atoms with Gasteiger partial charge >= 0.3 is 13.9 Å². The van der Waals surface area contributed by atoms with E-state index in [0.29, 0.717) is 6.61 Å². The summed E-state index contributed by atoms with van der Waals surface area (Å²) in [6, 6.07) is 1.17. The fraction of sp³-hybridized carbons (Fsp3) is 0.840. The number of hydrogen-bond acceptors (Lipinski definition) is 7. The smallest absolute Gasteiger partial charge is 0.394 e. The number of aliphatic hydroxyl groups excluding tert-OH is 1. The molecule has 0 radical (unpaired) electrons. The molecule has 206 valence electrons. The normalized spacial score (nSPS) is 22.2. The monoisotopic (exact) mass is 531 g/mol. The van der Waals surface area contributed by atoms with E-state index in [1.807, 2.05) is 0 Å². The predicted octanol–water partition coefficient (Wildman–Crippen LogP) is 4.33. The molecule has 1 aromatic rings. The Morgan fingerprint density at radius 1 is 0.944 bits per heavy atom. The van der Waals surface area contributed by atoms with Crippen molar-refractivity contribution in [3.8, 4) is 0 Å². The molecule has 0 aromatic carbocycles. The van der Waals surface area contributed by atoms with Gasteiger partial charge in [0.15, 0.2) is 12.3 Å². The molecule has 0 bridgehead atoms. The number of hydrogen-bond donors (Lipinski definition) is 3. The van der Waals surface area contributed by atoms with E-state index >= 15 is 0 Å². The Bertz CT molecular complexity index is 861. The fourth-order valence-corrected chi connectivity index (χ4v) is 5.10. The molecule has 3 N–H and O–H groups in total. The second-order valence-electron chi connectivity index (χ2n) is 9.50. The molecule has 11 heteroatoms.